The SMILES string of the molecule is CC(=O)N1CCc2ccccc2C1CC(=O)NC(CC(=O)O)c1cccs1. The third-order valence-electron chi connectivity index (χ3n) is 4.80. The van der Waals surface area contributed by atoms with Gasteiger partial charge in [-0.25, -0.2) is 0 Å². The van der Waals surface area contributed by atoms with Gasteiger partial charge in [0, 0.05) is 18.3 Å². The summed E-state index contributed by atoms with van der Waals surface area (Å²) in [5, 5.41) is 13.9. The Morgan fingerprint density at radius 2 is 2.04 bits per heavy atom. The van der Waals surface area contributed by atoms with Crippen molar-refractivity contribution in [3.63, 3.8) is 0 Å². The van der Waals surface area contributed by atoms with Gasteiger partial charge in [-0.05, 0) is 29.0 Å². The molecule has 6 nitrogen and oxygen atoms in total. The molecule has 2 atom stereocenters. The Morgan fingerprint density at radius 1 is 1.26 bits per heavy atom. The van der Waals surface area contributed by atoms with Crippen LogP contribution in [0.25, 0.3) is 0 Å². The summed E-state index contributed by atoms with van der Waals surface area (Å²) in [6.07, 6.45) is 0.701. The molecule has 2 heterocycles. The van der Waals surface area contributed by atoms with Crippen LogP contribution in [0.3, 0.4) is 0 Å². The van der Waals surface area contributed by atoms with Gasteiger partial charge in [0.2, 0.25) is 11.8 Å². The molecular formula is C20H22N2O4S. The second kappa shape index (κ2) is 8.35. The van der Waals surface area contributed by atoms with Gasteiger partial charge in [0.1, 0.15) is 0 Å². The zero-order valence-corrected chi connectivity index (χ0v) is 15.9. The van der Waals surface area contributed by atoms with Gasteiger partial charge in [0.05, 0.1) is 24.9 Å². The van der Waals surface area contributed by atoms with E-state index in [-0.39, 0.29) is 30.7 Å². The molecule has 27 heavy (non-hydrogen) atoms. The molecule has 0 radical (unpaired) electrons. The van der Waals surface area contributed by atoms with Gasteiger partial charge < -0.3 is 15.3 Å². The van der Waals surface area contributed by atoms with Gasteiger partial charge >= 0.3 is 5.97 Å². The molecule has 2 unspecified atom stereocenters. The highest BCUT2D eigenvalue weighted by Gasteiger charge is 2.31. The summed E-state index contributed by atoms with van der Waals surface area (Å²) >= 11 is 1.41. The number of rotatable bonds is 6. The molecule has 2 amide bonds. The Morgan fingerprint density at radius 3 is 2.70 bits per heavy atom. The standard InChI is InChI=1S/C20H22N2O4S/c1-13(23)22-9-8-14-5-2-3-6-15(14)17(22)12-19(24)21-16(11-20(25)26)18-7-4-10-27-18/h2-7,10,16-17H,8-9,11-12H2,1H3,(H,21,24)(H,25,26). The number of hydrogen-bond donors (Lipinski definition) is 2. The number of aliphatic carboxylic acids is 1. The van der Waals surface area contributed by atoms with Gasteiger partial charge in [-0.3, -0.25) is 14.4 Å². The number of nitrogens with zero attached hydrogens (tertiary/aromatic N) is 1. The van der Waals surface area contributed by atoms with Crippen LogP contribution in [-0.2, 0) is 20.8 Å². The minimum Gasteiger partial charge on any atom is -0.481 e. The predicted molar refractivity (Wildman–Crippen MR) is 102 cm³/mol. The van der Waals surface area contributed by atoms with Crippen LogP contribution in [0.1, 0.15) is 47.9 Å². The minimum absolute atomic E-state index is 0.0670. The monoisotopic (exact) mass is 386 g/mol. The molecule has 1 aliphatic rings. The molecule has 0 spiro atoms. The van der Waals surface area contributed by atoms with Crippen LogP contribution in [0.5, 0.6) is 0 Å². The zero-order chi connectivity index (χ0) is 19.4. The fourth-order valence-electron chi connectivity index (χ4n) is 3.56. The third kappa shape index (κ3) is 4.54. The van der Waals surface area contributed by atoms with Gasteiger partial charge in [0.25, 0.3) is 0 Å². The van der Waals surface area contributed by atoms with Crippen molar-refractivity contribution >= 4 is 29.1 Å². The first kappa shape index (κ1) is 19.1. The Bertz CT molecular complexity index is 834. The molecule has 142 valence electrons. The molecule has 0 saturated heterocycles. The summed E-state index contributed by atoms with van der Waals surface area (Å²) in [4.78, 5) is 38.5. The van der Waals surface area contributed by atoms with E-state index in [0.29, 0.717) is 6.54 Å². The van der Waals surface area contributed by atoms with Crippen LogP contribution in [0.15, 0.2) is 41.8 Å². The topological polar surface area (TPSA) is 86.7 Å². The molecule has 1 aliphatic heterocycles. The minimum atomic E-state index is -0.970. The van der Waals surface area contributed by atoms with E-state index >= 15 is 0 Å². The number of carboxylic acids is 1. The highest BCUT2D eigenvalue weighted by molar-refractivity contribution is 7.10. The largest absolute Gasteiger partial charge is 0.481 e. The van der Waals surface area contributed by atoms with E-state index in [1.807, 2.05) is 41.8 Å². The Balaban J connectivity index is 1.78. The molecule has 2 aromatic rings. The van der Waals surface area contributed by atoms with E-state index in [4.69, 9.17) is 5.11 Å². The number of hydrogen-bond acceptors (Lipinski definition) is 4. The Kier molecular flexibility index (Phi) is 5.91. The summed E-state index contributed by atoms with van der Waals surface area (Å²) in [5.74, 6) is -1.30. The van der Waals surface area contributed by atoms with E-state index in [1.165, 1.54) is 18.3 Å². The number of nitrogens with one attached hydrogen (secondary N) is 1. The van der Waals surface area contributed by atoms with Crippen molar-refractivity contribution in [2.75, 3.05) is 6.54 Å². The number of carboxylic acid groups (broad SMARTS) is 1. The number of carbonyl (C=O) groups excluding carboxylic acids is 2. The number of amides is 2. The first-order valence-corrected chi connectivity index (χ1v) is 9.73. The number of fused-ring (bicyclic) bond motifs is 1. The van der Waals surface area contributed by atoms with Crippen molar-refractivity contribution in [1.82, 2.24) is 10.2 Å². The maximum atomic E-state index is 12.7. The molecule has 1 aromatic carbocycles. The maximum Gasteiger partial charge on any atom is 0.305 e. The van der Waals surface area contributed by atoms with Crippen LogP contribution < -0.4 is 5.32 Å². The molecule has 2 N–H and O–H groups in total. The van der Waals surface area contributed by atoms with E-state index in [1.54, 1.807) is 4.90 Å². The average molecular weight is 386 g/mol. The fourth-order valence-corrected chi connectivity index (χ4v) is 4.34. The summed E-state index contributed by atoms with van der Waals surface area (Å²) in [7, 11) is 0. The number of carbonyl (C=O) groups is 3. The van der Waals surface area contributed by atoms with Gasteiger partial charge in [0.15, 0.2) is 0 Å². The van der Waals surface area contributed by atoms with E-state index < -0.39 is 12.0 Å². The number of benzene rings is 1. The van der Waals surface area contributed by atoms with Crippen LogP contribution in [0.2, 0.25) is 0 Å². The Hall–Kier alpha value is -2.67. The quantitative estimate of drug-likeness (QED) is 0.799. The van der Waals surface area contributed by atoms with Crippen molar-refractivity contribution in [2.45, 2.75) is 38.3 Å². The molecular weight excluding hydrogens is 364 g/mol. The lowest BCUT2D eigenvalue weighted by Crippen LogP contribution is -2.41. The smallest absolute Gasteiger partial charge is 0.305 e. The first-order valence-electron chi connectivity index (χ1n) is 8.85. The molecule has 3 rings (SSSR count). The second-order valence-corrected chi connectivity index (χ2v) is 7.59. The van der Waals surface area contributed by atoms with Crippen molar-refractivity contribution in [1.29, 1.82) is 0 Å². The molecule has 0 bridgehead atoms. The van der Waals surface area contributed by atoms with Gasteiger partial charge in [-0.2, -0.15) is 0 Å². The van der Waals surface area contributed by atoms with Gasteiger partial charge in [-0.15, -0.1) is 11.3 Å². The van der Waals surface area contributed by atoms with Gasteiger partial charge in [-0.1, -0.05) is 30.3 Å². The van der Waals surface area contributed by atoms with Crippen molar-refractivity contribution < 1.29 is 19.5 Å². The zero-order valence-electron chi connectivity index (χ0n) is 15.1. The maximum absolute atomic E-state index is 12.7. The Labute approximate surface area is 161 Å². The molecule has 0 saturated carbocycles. The molecule has 1 aromatic heterocycles. The number of thiophene rings is 1. The van der Waals surface area contributed by atoms with Crippen molar-refractivity contribution in [3.05, 3.63) is 57.8 Å². The summed E-state index contributed by atoms with van der Waals surface area (Å²) in [6, 6.07) is 10.6. The molecule has 0 aliphatic carbocycles. The predicted octanol–water partition coefficient (Wildman–Crippen LogP) is 2.92. The molecule has 7 heteroatoms. The average Bonchev–Trinajstić information content (AvgIpc) is 3.15. The van der Waals surface area contributed by atoms with E-state index in [0.717, 1.165) is 22.4 Å². The highest BCUT2D eigenvalue weighted by Crippen LogP contribution is 2.32. The lowest BCUT2D eigenvalue weighted by atomic mass is 9.90. The summed E-state index contributed by atoms with van der Waals surface area (Å²) in [5.41, 5.74) is 2.13. The second-order valence-electron chi connectivity index (χ2n) is 6.61. The summed E-state index contributed by atoms with van der Waals surface area (Å²) < 4.78 is 0. The third-order valence-corrected chi connectivity index (χ3v) is 5.78. The summed E-state index contributed by atoms with van der Waals surface area (Å²) in [6.45, 7) is 2.09. The lowest BCUT2D eigenvalue weighted by Gasteiger charge is -2.36. The van der Waals surface area contributed by atoms with E-state index in [2.05, 4.69) is 5.32 Å². The molecule has 0 fully saturated rings. The van der Waals surface area contributed by atoms with Crippen molar-refractivity contribution in [3.8, 4) is 0 Å². The lowest BCUT2D eigenvalue weighted by molar-refractivity contribution is -0.137. The van der Waals surface area contributed by atoms with Crippen LogP contribution in [0.4, 0.5) is 0 Å². The normalized spacial score (nSPS) is 17.1. The highest BCUT2D eigenvalue weighted by atomic mass is 32.1. The fraction of sp³-hybridized carbons (Fsp3) is 0.350. The van der Waals surface area contributed by atoms with Crippen LogP contribution in [-0.4, -0.2) is 34.3 Å². The van der Waals surface area contributed by atoms with Crippen molar-refractivity contribution in [2.24, 2.45) is 0 Å². The van der Waals surface area contributed by atoms with Crippen LogP contribution in [0, 0.1) is 0 Å². The first-order chi connectivity index (χ1) is 13.0. The van der Waals surface area contributed by atoms with E-state index in [9.17, 15) is 14.4 Å². The van der Waals surface area contributed by atoms with Crippen LogP contribution >= 0.6 is 11.3 Å².